The standard InChI is InChI=1S/C8H9N2/c1-2-4-8-7-9-5-3-6-10-8/h2-3,5-7H,1,4H2. The molecule has 2 nitrogen and oxygen atoms in total. The average Bonchev–Trinajstić information content (AvgIpc) is 2.17. The fourth-order valence-corrected chi connectivity index (χ4v) is 0.643. The summed E-state index contributed by atoms with van der Waals surface area (Å²) >= 11 is 0. The van der Waals surface area contributed by atoms with E-state index in [0.717, 1.165) is 12.1 Å². The fraction of sp³-hybridized carbons (Fsp3) is 0.125. The van der Waals surface area contributed by atoms with Crippen LogP contribution < -0.4 is 5.32 Å². The normalized spacial score (nSPS) is 15.4. The van der Waals surface area contributed by atoms with Gasteiger partial charge >= 0.3 is 0 Å². The van der Waals surface area contributed by atoms with Crippen molar-refractivity contribution in [2.45, 2.75) is 6.42 Å². The van der Waals surface area contributed by atoms with Crippen molar-refractivity contribution >= 4 is 6.21 Å². The van der Waals surface area contributed by atoms with Crippen molar-refractivity contribution in [3.8, 4) is 0 Å². The van der Waals surface area contributed by atoms with Gasteiger partial charge in [-0.2, -0.15) is 0 Å². The number of allylic oxidation sites excluding steroid dienone is 2. The maximum Gasteiger partial charge on any atom is 0.0623 e. The van der Waals surface area contributed by atoms with Gasteiger partial charge in [0, 0.05) is 25.0 Å². The lowest BCUT2D eigenvalue weighted by molar-refractivity contribution is 0.974. The molecule has 0 fully saturated rings. The van der Waals surface area contributed by atoms with Crippen LogP contribution in [0, 0.1) is 0 Å². The van der Waals surface area contributed by atoms with E-state index in [9.17, 15) is 0 Å². The van der Waals surface area contributed by atoms with Gasteiger partial charge in [0.25, 0.3) is 0 Å². The SMILES string of the molecule is C=CCC1=CN=CC=C[N]1. The zero-order valence-electron chi connectivity index (χ0n) is 5.70. The molecule has 0 amide bonds. The summed E-state index contributed by atoms with van der Waals surface area (Å²) in [4.78, 5) is 3.96. The first-order chi connectivity index (χ1) is 4.93. The highest BCUT2D eigenvalue weighted by molar-refractivity contribution is 5.72. The van der Waals surface area contributed by atoms with E-state index in [2.05, 4.69) is 16.9 Å². The molecule has 0 atom stereocenters. The first-order valence-electron chi connectivity index (χ1n) is 3.12. The van der Waals surface area contributed by atoms with Crippen LogP contribution in [-0.2, 0) is 0 Å². The monoisotopic (exact) mass is 133 g/mol. The number of aliphatic imine (C=N–C) groups is 1. The highest BCUT2D eigenvalue weighted by atomic mass is 14.9. The Hall–Kier alpha value is -1.31. The Balaban J connectivity index is 2.58. The van der Waals surface area contributed by atoms with Crippen LogP contribution in [0.3, 0.4) is 0 Å². The average molecular weight is 133 g/mol. The lowest BCUT2D eigenvalue weighted by Gasteiger charge is -1.95. The molecular weight excluding hydrogens is 124 g/mol. The molecule has 0 saturated carbocycles. The Morgan fingerprint density at radius 2 is 2.50 bits per heavy atom. The van der Waals surface area contributed by atoms with Gasteiger partial charge in [-0.1, -0.05) is 6.08 Å². The highest BCUT2D eigenvalue weighted by Crippen LogP contribution is 2.01. The van der Waals surface area contributed by atoms with Crippen LogP contribution in [0.25, 0.3) is 0 Å². The molecule has 0 aromatic heterocycles. The minimum absolute atomic E-state index is 0.779. The van der Waals surface area contributed by atoms with Crippen LogP contribution in [0.2, 0.25) is 0 Å². The Bertz CT molecular complexity index is 199. The molecule has 0 aliphatic carbocycles. The van der Waals surface area contributed by atoms with Gasteiger partial charge in [-0.25, -0.2) is 0 Å². The van der Waals surface area contributed by atoms with Gasteiger partial charge in [-0.15, -0.1) is 6.58 Å². The van der Waals surface area contributed by atoms with Crippen molar-refractivity contribution in [3.63, 3.8) is 0 Å². The second-order valence-corrected chi connectivity index (χ2v) is 1.88. The Morgan fingerprint density at radius 1 is 1.60 bits per heavy atom. The van der Waals surface area contributed by atoms with E-state index in [1.165, 1.54) is 0 Å². The van der Waals surface area contributed by atoms with Gasteiger partial charge in [0.05, 0.1) is 5.70 Å². The van der Waals surface area contributed by atoms with Gasteiger partial charge in [0.1, 0.15) is 0 Å². The van der Waals surface area contributed by atoms with E-state index in [-0.39, 0.29) is 0 Å². The number of hydrogen-bond acceptors (Lipinski definition) is 1. The summed E-state index contributed by atoms with van der Waals surface area (Å²) in [5, 5.41) is 4.10. The van der Waals surface area contributed by atoms with Crippen molar-refractivity contribution < 1.29 is 0 Å². The minimum atomic E-state index is 0.779. The molecule has 1 radical (unpaired) electrons. The molecule has 51 valence electrons. The molecule has 0 aromatic carbocycles. The summed E-state index contributed by atoms with van der Waals surface area (Å²) in [5.74, 6) is 0. The van der Waals surface area contributed by atoms with Gasteiger partial charge < -0.3 is 0 Å². The molecule has 0 N–H and O–H groups in total. The topological polar surface area (TPSA) is 26.5 Å². The van der Waals surface area contributed by atoms with Crippen molar-refractivity contribution in [2.24, 2.45) is 4.99 Å². The third-order valence-electron chi connectivity index (χ3n) is 1.08. The van der Waals surface area contributed by atoms with E-state index < -0.39 is 0 Å². The molecule has 1 heterocycles. The quantitative estimate of drug-likeness (QED) is 0.511. The largest absolute Gasteiger partial charge is 0.263 e. The van der Waals surface area contributed by atoms with E-state index in [0.29, 0.717) is 0 Å². The summed E-state index contributed by atoms with van der Waals surface area (Å²) in [6, 6.07) is 0. The third kappa shape index (κ3) is 1.90. The van der Waals surface area contributed by atoms with E-state index in [1.54, 1.807) is 24.7 Å². The van der Waals surface area contributed by atoms with Crippen molar-refractivity contribution in [3.05, 3.63) is 36.8 Å². The summed E-state index contributed by atoms with van der Waals surface area (Å²) in [6.45, 7) is 3.61. The molecule has 0 spiro atoms. The molecule has 0 saturated heterocycles. The van der Waals surface area contributed by atoms with Crippen LogP contribution >= 0.6 is 0 Å². The zero-order valence-corrected chi connectivity index (χ0v) is 5.70. The van der Waals surface area contributed by atoms with Gasteiger partial charge in [-0.3, -0.25) is 10.3 Å². The molecule has 2 heteroatoms. The number of rotatable bonds is 2. The zero-order chi connectivity index (χ0) is 7.23. The number of hydrogen-bond donors (Lipinski definition) is 0. The van der Waals surface area contributed by atoms with Gasteiger partial charge in [-0.05, 0) is 6.08 Å². The molecule has 0 aromatic rings. The highest BCUT2D eigenvalue weighted by Gasteiger charge is 1.92. The van der Waals surface area contributed by atoms with E-state index in [4.69, 9.17) is 0 Å². The van der Waals surface area contributed by atoms with E-state index in [1.807, 2.05) is 6.08 Å². The summed E-state index contributed by atoms with van der Waals surface area (Å²) < 4.78 is 0. The number of nitrogens with zero attached hydrogens (tertiary/aromatic N) is 2. The van der Waals surface area contributed by atoms with Crippen LogP contribution in [0.15, 0.2) is 41.8 Å². The van der Waals surface area contributed by atoms with Crippen LogP contribution in [0.5, 0.6) is 0 Å². The Labute approximate surface area is 60.7 Å². The molecule has 1 aliphatic rings. The first kappa shape index (κ1) is 6.81. The molecule has 1 rings (SSSR count). The lowest BCUT2D eigenvalue weighted by Crippen LogP contribution is -1.92. The summed E-state index contributed by atoms with van der Waals surface area (Å²) in [7, 11) is 0. The first-order valence-corrected chi connectivity index (χ1v) is 3.12. The molecule has 10 heavy (non-hydrogen) atoms. The fourth-order valence-electron chi connectivity index (χ4n) is 0.643. The lowest BCUT2D eigenvalue weighted by atomic mass is 10.3. The van der Waals surface area contributed by atoms with E-state index >= 15 is 0 Å². The second kappa shape index (κ2) is 3.67. The van der Waals surface area contributed by atoms with Crippen LogP contribution in [0.1, 0.15) is 6.42 Å². The maximum atomic E-state index is 4.10. The van der Waals surface area contributed by atoms with Crippen LogP contribution in [-0.4, -0.2) is 6.21 Å². The summed E-state index contributed by atoms with van der Waals surface area (Å²) in [5.41, 5.74) is 0.944. The van der Waals surface area contributed by atoms with Crippen molar-refractivity contribution in [1.82, 2.24) is 5.32 Å². The second-order valence-electron chi connectivity index (χ2n) is 1.88. The molecule has 0 unspecified atom stereocenters. The van der Waals surface area contributed by atoms with Gasteiger partial charge in [0.15, 0.2) is 0 Å². The predicted molar refractivity (Wildman–Crippen MR) is 42.7 cm³/mol. The maximum absolute atomic E-state index is 4.10. The minimum Gasteiger partial charge on any atom is -0.263 e. The molecule has 1 aliphatic heterocycles. The Kier molecular flexibility index (Phi) is 2.49. The molecular formula is C8H9N2. The smallest absolute Gasteiger partial charge is 0.0623 e. The van der Waals surface area contributed by atoms with Crippen molar-refractivity contribution in [2.75, 3.05) is 0 Å². The molecule has 0 bridgehead atoms. The van der Waals surface area contributed by atoms with Gasteiger partial charge in [0.2, 0.25) is 0 Å². The predicted octanol–water partition coefficient (Wildman–Crippen LogP) is 1.61. The van der Waals surface area contributed by atoms with Crippen LogP contribution in [0.4, 0.5) is 0 Å². The summed E-state index contributed by atoms with van der Waals surface area (Å²) in [6.07, 6.45) is 9.56. The van der Waals surface area contributed by atoms with Crippen molar-refractivity contribution in [1.29, 1.82) is 0 Å². The third-order valence-corrected chi connectivity index (χ3v) is 1.08. The Morgan fingerprint density at radius 3 is 3.30 bits per heavy atom.